The van der Waals surface area contributed by atoms with Crippen LogP contribution in [0, 0.1) is 12.8 Å². The molecule has 0 spiro atoms. The van der Waals surface area contributed by atoms with Gasteiger partial charge in [0.05, 0.1) is 0 Å². The second-order valence-corrected chi connectivity index (χ2v) is 6.75. The zero-order valence-electron chi connectivity index (χ0n) is 11.8. The molecule has 1 saturated carbocycles. The number of furan rings is 1. The summed E-state index contributed by atoms with van der Waals surface area (Å²) < 4.78 is 28.0. The number of amides is 1. The van der Waals surface area contributed by atoms with Crippen LogP contribution in [0.15, 0.2) is 15.4 Å². The minimum atomic E-state index is -3.86. The fourth-order valence-corrected chi connectivity index (χ4v) is 3.07. The van der Waals surface area contributed by atoms with Gasteiger partial charge in [0.2, 0.25) is 10.0 Å². The van der Waals surface area contributed by atoms with E-state index in [1.165, 1.54) is 19.4 Å². The molecule has 1 aliphatic carbocycles. The number of carbonyl (C=O) groups is 1. The third-order valence-electron chi connectivity index (χ3n) is 3.76. The lowest BCUT2D eigenvalue weighted by Gasteiger charge is -2.31. The largest absolute Gasteiger partial charge is 0.455 e. The van der Waals surface area contributed by atoms with E-state index >= 15 is 0 Å². The second kappa shape index (κ2) is 5.57. The molecule has 0 bridgehead atoms. The van der Waals surface area contributed by atoms with Gasteiger partial charge in [-0.15, -0.1) is 0 Å². The van der Waals surface area contributed by atoms with E-state index in [0.29, 0.717) is 19.0 Å². The van der Waals surface area contributed by atoms with Crippen molar-refractivity contribution in [2.24, 2.45) is 11.1 Å². The van der Waals surface area contributed by atoms with Crippen molar-refractivity contribution < 1.29 is 17.6 Å². The Morgan fingerprint density at radius 2 is 2.15 bits per heavy atom. The van der Waals surface area contributed by atoms with Crippen LogP contribution in [0.2, 0.25) is 0 Å². The molecule has 0 radical (unpaired) electrons. The molecule has 7 heteroatoms. The fraction of sp³-hybridized carbons (Fsp3) is 0.615. The Morgan fingerprint density at radius 1 is 1.50 bits per heavy atom. The van der Waals surface area contributed by atoms with Gasteiger partial charge in [-0.1, -0.05) is 6.42 Å². The van der Waals surface area contributed by atoms with Gasteiger partial charge < -0.3 is 9.32 Å². The molecule has 0 atom stereocenters. The summed E-state index contributed by atoms with van der Waals surface area (Å²) in [6.07, 6.45) is 3.50. The molecular weight excluding hydrogens is 280 g/mol. The van der Waals surface area contributed by atoms with Gasteiger partial charge in [-0.3, -0.25) is 4.79 Å². The fourth-order valence-electron chi connectivity index (χ4n) is 2.35. The van der Waals surface area contributed by atoms with E-state index in [2.05, 4.69) is 0 Å². The summed E-state index contributed by atoms with van der Waals surface area (Å²) in [7, 11) is -3.86. The molecule has 112 valence electrons. The third kappa shape index (κ3) is 3.04. The average Bonchev–Trinajstić information content (AvgIpc) is 2.69. The Hall–Kier alpha value is -1.34. The summed E-state index contributed by atoms with van der Waals surface area (Å²) in [4.78, 5) is 13.9. The van der Waals surface area contributed by atoms with E-state index in [4.69, 9.17) is 9.56 Å². The number of nitrogens with zero attached hydrogens (tertiary/aromatic N) is 1. The SMILES string of the molecule is CCN(CC1CCC1)C(=O)c1cc(S(N)(=O)=O)c(C)o1. The van der Waals surface area contributed by atoms with Gasteiger partial charge in [-0.25, -0.2) is 13.6 Å². The van der Waals surface area contributed by atoms with Crippen LogP contribution in [0.1, 0.15) is 42.5 Å². The zero-order chi connectivity index (χ0) is 14.9. The summed E-state index contributed by atoms with van der Waals surface area (Å²) in [5, 5.41) is 5.08. The van der Waals surface area contributed by atoms with Crippen molar-refractivity contribution >= 4 is 15.9 Å². The molecule has 2 rings (SSSR count). The summed E-state index contributed by atoms with van der Waals surface area (Å²) in [6.45, 7) is 4.64. The second-order valence-electron chi connectivity index (χ2n) is 5.22. The molecule has 1 amide bonds. The molecule has 2 N–H and O–H groups in total. The predicted molar refractivity (Wildman–Crippen MR) is 73.7 cm³/mol. The van der Waals surface area contributed by atoms with Crippen molar-refractivity contribution in [2.45, 2.75) is 38.0 Å². The number of carbonyl (C=O) groups excluding carboxylic acids is 1. The Balaban J connectivity index is 2.19. The van der Waals surface area contributed by atoms with Crippen LogP contribution in [0.4, 0.5) is 0 Å². The van der Waals surface area contributed by atoms with E-state index in [1.807, 2.05) is 6.92 Å². The summed E-state index contributed by atoms with van der Waals surface area (Å²) in [5.74, 6) is 0.452. The van der Waals surface area contributed by atoms with Crippen LogP contribution < -0.4 is 5.14 Å². The number of aryl methyl sites for hydroxylation is 1. The first-order valence-electron chi connectivity index (χ1n) is 6.75. The lowest BCUT2D eigenvalue weighted by Crippen LogP contribution is -2.37. The summed E-state index contributed by atoms with van der Waals surface area (Å²) in [5.41, 5.74) is 0. The van der Waals surface area contributed by atoms with Gasteiger partial charge in [-0.05, 0) is 32.6 Å². The first-order valence-corrected chi connectivity index (χ1v) is 8.30. The van der Waals surface area contributed by atoms with Crippen molar-refractivity contribution in [3.8, 4) is 0 Å². The first kappa shape index (κ1) is 15.1. The number of sulfonamides is 1. The molecule has 20 heavy (non-hydrogen) atoms. The Kier molecular flexibility index (Phi) is 4.19. The normalized spacial score (nSPS) is 15.9. The van der Waals surface area contributed by atoms with Gasteiger partial charge in [-0.2, -0.15) is 0 Å². The monoisotopic (exact) mass is 300 g/mol. The minimum absolute atomic E-state index is 0.0349. The average molecular weight is 300 g/mol. The summed E-state index contributed by atoms with van der Waals surface area (Å²) >= 11 is 0. The molecule has 0 unspecified atom stereocenters. The van der Waals surface area contributed by atoms with Crippen LogP contribution in [0.25, 0.3) is 0 Å². The predicted octanol–water partition coefficient (Wildman–Crippen LogP) is 1.50. The Labute approximate surface area is 119 Å². The molecular formula is C13H20N2O4S. The molecule has 1 aromatic heterocycles. The number of primary sulfonamides is 1. The lowest BCUT2D eigenvalue weighted by atomic mass is 9.85. The molecule has 1 aliphatic rings. The standard InChI is InChI=1S/C13H20N2O4S/c1-3-15(8-10-5-4-6-10)13(16)11-7-12(9(2)19-11)20(14,17)18/h7,10H,3-6,8H2,1-2H3,(H2,14,17,18). The molecule has 1 heterocycles. The van der Waals surface area contributed by atoms with Gasteiger partial charge in [0.25, 0.3) is 5.91 Å². The minimum Gasteiger partial charge on any atom is -0.455 e. The van der Waals surface area contributed by atoms with Crippen molar-refractivity contribution in [1.82, 2.24) is 4.90 Å². The Bertz CT molecular complexity index is 602. The maximum Gasteiger partial charge on any atom is 0.289 e. The third-order valence-corrected chi connectivity index (χ3v) is 4.78. The molecule has 0 saturated heterocycles. The first-order chi connectivity index (χ1) is 9.32. The number of hydrogen-bond donors (Lipinski definition) is 1. The Morgan fingerprint density at radius 3 is 2.55 bits per heavy atom. The van der Waals surface area contributed by atoms with Crippen LogP contribution in [-0.4, -0.2) is 32.3 Å². The van der Waals surface area contributed by atoms with Crippen molar-refractivity contribution in [3.05, 3.63) is 17.6 Å². The highest BCUT2D eigenvalue weighted by molar-refractivity contribution is 7.89. The van der Waals surface area contributed by atoms with Crippen LogP contribution >= 0.6 is 0 Å². The highest BCUT2D eigenvalue weighted by Gasteiger charge is 2.27. The van der Waals surface area contributed by atoms with Gasteiger partial charge in [0.1, 0.15) is 10.7 Å². The van der Waals surface area contributed by atoms with Crippen LogP contribution in [0.5, 0.6) is 0 Å². The quantitative estimate of drug-likeness (QED) is 0.891. The van der Waals surface area contributed by atoms with Crippen molar-refractivity contribution in [3.63, 3.8) is 0 Å². The van der Waals surface area contributed by atoms with Gasteiger partial charge >= 0.3 is 0 Å². The maximum absolute atomic E-state index is 12.3. The lowest BCUT2D eigenvalue weighted by molar-refractivity contribution is 0.0673. The molecule has 1 aromatic rings. The maximum atomic E-state index is 12.3. The zero-order valence-corrected chi connectivity index (χ0v) is 12.6. The molecule has 0 aromatic carbocycles. The van der Waals surface area contributed by atoms with E-state index in [-0.39, 0.29) is 22.3 Å². The van der Waals surface area contributed by atoms with Gasteiger partial charge in [0, 0.05) is 19.2 Å². The number of nitrogens with two attached hydrogens (primary N) is 1. The number of hydrogen-bond acceptors (Lipinski definition) is 4. The van der Waals surface area contributed by atoms with Crippen molar-refractivity contribution in [1.29, 1.82) is 0 Å². The smallest absolute Gasteiger partial charge is 0.289 e. The topological polar surface area (TPSA) is 93.6 Å². The number of rotatable bonds is 5. The van der Waals surface area contributed by atoms with E-state index in [9.17, 15) is 13.2 Å². The molecule has 6 nitrogen and oxygen atoms in total. The molecule has 0 aliphatic heterocycles. The van der Waals surface area contributed by atoms with Crippen LogP contribution in [0.3, 0.4) is 0 Å². The summed E-state index contributed by atoms with van der Waals surface area (Å²) in [6, 6.07) is 1.22. The van der Waals surface area contributed by atoms with E-state index in [0.717, 1.165) is 12.8 Å². The van der Waals surface area contributed by atoms with Crippen molar-refractivity contribution in [2.75, 3.05) is 13.1 Å². The highest BCUT2D eigenvalue weighted by Crippen LogP contribution is 2.28. The molecule has 1 fully saturated rings. The van der Waals surface area contributed by atoms with Crippen LogP contribution in [-0.2, 0) is 10.0 Å². The van der Waals surface area contributed by atoms with Gasteiger partial charge in [0.15, 0.2) is 5.76 Å². The van der Waals surface area contributed by atoms with E-state index in [1.54, 1.807) is 4.90 Å². The highest BCUT2D eigenvalue weighted by atomic mass is 32.2. The van der Waals surface area contributed by atoms with E-state index < -0.39 is 10.0 Å².